The molecule has 2 aromatic rings. The second-order valence-corrected chi connectivity index (χ2v) is 6.41. The predicted molar refractivity (Wildman–Crippen MR) is 101 cm³/mol. The highest BCUT2D eigenvalue weighted by Gasteiger charge is 2.23. The molecule has 2 heterocycles. The molecule has 3 rings (SSSR count). The molecule has 0 bridgehead atoms. The van der Waals surface area contributed by atoms with Gasteiger partial charge in [-0.2, -0.15) is 0 Å². The monoisotopic (exact) mass is 359 g/mol. The summed E-state index contributed by atoms with van der Waals surface area (Å²) in [5, 5.41) is 3.86. The third-order valence-corrected chi connectivity index (χ3v) is 4.42. The van der Waals surface area contributed by atoms with Gasteiger partial charge in [-0.3, -0.25) is 4.79 Å². The maximum absolute atomic E-state index is 12.6. The molecular formula is C18H22ClN5O. The van der Waals surface area contributed by atoms with Crippen LogP contribution in [-0.4, -0.2) is 53.5 Å². The van der Waals surface area contributed by atoms with Crippen LogP contribution in [0, 0.1) is 6.92 Å². The largest absolute Gasteiger partial charge is 0.370 e. The molecule has 7 heteroatoms. The van der Waals surface area contributed by atoms with E-state index in [1.54, 1.807) is 24.3 Å². The molecule has 1 aromatic heterocycles. The second kappa shape index (κ2) is 7.70. The fourth-order valence-electron chi connectivity index (χ4n) is 2.90. The number of hydrogen-bond acceptors (Lipinski definition) is 5. The van der Waals surface area contributed by atoms with Crippen LogP contribution in [0.3, 0.4) is 0 Å². The molecule has 0 spiro atoms. The van der Waals surface area contributed by atoms with E-state index in [2.05, 4.69) is 20.2 Å². The number of aromatic nitrogens is 2. The van der Waals surface area contributed by atoms with Crippen molar-refractivity contribution in [3.05, 3.63) is 46.7 Å². The molecule has 0 aliphatic carbocycles. The van der Waals surface area contributed by atoms with Crippen LogP contribution in [0.5, 0.6) is 0 Å². The topological polar surface area (TPSA) is 61.4 Å². The summed E-state index contributed by atoms with van der Waals surface area (Å²) >= 11 is 5.89. The Morgan fingerprint density at radius 3 is 2.48 bits per heavy atom. The lowest BCUT2D eigenvalue weighted by atomic mass is 10.2. The lowest BCUT2D eigenvalue weighted by molar-refractivity contribution is 0.0746. The van der Waals surface area contributed by atoms with Crippen LogP contribution in [0.4, 0.5) is 11.6 Å². The Morgan fingerprint density at radius 2 is 1.84 bits per heavy atom. The molecule has 0 atom stereocenters. The first-order valence-electron chi connectivity index (χ1n) is 8.46. The molecule has 0 saturated carbocycles. The fourth-order valence-corrected chi connectivity index (χ4v) is 3.03. The number of hydrogen-bond donors (Lipinski definition) is 1. The van der Waals surface area contributed by atoms with Gasteiger partial charge in [-0.15, -0.1) is 0 Å². The Morgan fingerprint density at radius 1 is 1.16 bits per heavy atom. The number of nitrogens with one attached hydrogen (secondary N) is 1. The molecule has 1 amide bonds. The standard InChI is InChI=1S/C18H22ClN5O/c1-3-20-16-12-17(22-13(2)21-16)23-8-10-24(11-9-23)18(25)14-4-6-15(19)7-5-14/h4-7,12H,3,8-11H2,1-2H3,(H,20,21,22). The van der Waals surface area contributed by atoms with Gasteiger partial charge in [-0.05, 0) is 38.1 Å². The number of anilines is 2. The van der Waals surface area contributed by atoms with E-state index in [1.807, 2.05) is 24.8 Å². The molecule has 0 radical (unpaired) electrons. The average Bonchev–Trinajstić information content (AvgIpc) is 2.62. The molecular weight excluding hydrogens is 338 g/mol. The summed E-state index contributed by atoms with van der Waals surface area (Å²) in [5.41, 5.74) is 0.671. The smallest absolute Gasteiger partial charge is 0.253 e. The van der Waals surface area contributed by atoms with Gasteiger partial charge in [0.1, 0.15) is 17.5 Å². The second-order valence-electron chi connectivity index (χ2n) is 5.98. The summed E-state index contributed by atoms with van der Waals surface area (Å²) in [4.78, 5) is 25.6. The quantitative estimate of drug-likeness (QED) is 0.909. The molecule has 1 N–H and O–H groups in total. The van der Waals surface area contributed by atoms with Crippen molar-refractivity contribution in [1.29, 1.82) is 0 Å². The van der Waals surface area contributed by atoms with Gasteiger partial charge in [0.25, 0.3) is 5.91 Å². The molecule has 1 aromatic carbocycles. The number of carbonyl (C=O) groups is 1. The lowest BCUT2D eigenvalue weighted by Gasteiger charge is -2.35. The number of aryl methyl sites for hydroxylation is 1. The van der Waals surface area contributed by atoms with Gasteiger partial charge in [0.2, 0.25) is 0 Å². The van der Waals surface area contributed by atoms with Crippen LogP contribution in [0.1, 0.15) is 23.1 Å². The SMILES string of the molecule is CCNc1cc(N2CCN(C(=O)c3ccc(Cl)cc3)CC2)nc(C)n1. The van der Waals surface area contributed by atoms with Gasteiger partial charge in [0.05, 0.1) is 0 Å². The Labute approximate surface area is 152 Å². The number of nitrogens with zero attached hydrogens (tertiary/aromatic N) is 4. The van der Waals surface area contributed by atoms with E-state index in [9.17, 15) is 4.79 Å². The Bertz CT molecular complexity index is 742. The number of piperazine rings is 1. The van der Waals surface area contributed by atoms with Crippen molar-refractivity contribution in [2.75, 3.05) is 42.9 Å². The van der Waals surface area contributed by atoms with Crippen LogP contribution >= 0.6 is 11.6 Å². The zero-order valence-electron chi connectivity index (χ0n) is 14.5. The summed E-state index contributed by atoms with van der Waals surface area (Å²) in [6.07, 6.45) is 0. The number of benzene rings is 1. The molecule has 132 valence electrons. The highest BCUT2D eigenvalue weighted by Crippen LogP contribution is 2.19. The molecule has 1 saturated heterocycles. The van der Waals surface area contributed by atoms with Gasteiger partial charge in [0.15, 0.2) is 0 Å². The van der Waals surface area contributed by atoms with E-state index < -0.39 is 0 Å². The van der Waals surface area contributed by atoms with E-state index in [0.717, 1.165) is 37.1 Å². The summed E-state index contributed by atoms with van der Waals surface area (Å²) in [6, 6.07) is 9.00. The minimum atomic E-state index is 0.0449. The highest BCUT2D eigenvalue weighted by atomic mass is 35.5. The third kappa shape index (κ3) is 4.20. The van der Waals surface area contributed by atoms with Crippen molar-refractivity contribution in [2.45, 2.75) is 13.8 Å². The first kappa shape index (κ1) is 17.5. The van der Waals surface area contributed by atoms with Crippen molar-refractivity contribution in [1.82, 2.24) is 14.9 Å². The van der Waals surface area contributed by atoms with Gasteiger partial charge in [-0.1, -0.05) is 11.6 Å². The molecule has 1 fully saturated rings. The van der Waals surface area contributed by atoms with Crippen LogP contribution < -0.4 is 10.2 Å². The molecule has 1 aliphatic heterocycles. The zero-order valence-corrected chi connectivity index (χ0v) is 15.3. The van der Waals surface area contributed by atoms with E-state index in [4.69, 9.17) is 11.6 Å². The Kier molecular flexibility index (Phi) is 5.38. The zero-order chi connectivity index (χ0) is 17.8. The molecule has 0 unspecified atom stereocenters. The number of carbonyl (C=O) groups excluding carboxylic acids is 1. The normalized spacial score (nSPS) is 14.5. The fraction of sp³-hybridized carbons (Fsp3) is 0.389. The summed E-state index contributed by atoms with van der Waals surface area (Å²) in [5.74, 6) is 2.53. The summed E-state index contributed by atoms with van der Waals surface area (Å²) < 4.78 is 0. The highest BCUT2D eigenvalue weighted by molar-refractivity contribution is 6.30. The number of rotatable bonds is 4. The van der Waals surface area contributed by atoms with E-state index in [-0.39, 0.29) is 5.91 Å². The molecule has 6 nitrogen and oxygen atoms in total. The van der Waals surface area contributed by atoms with Crippen LogP contribution in [0.15, 0.2) is 30.3 Å². The lowest BCUT2D eigenvalue weighted by Crippen LogP contribution is -2.49. The van der Waals surface area contributed by atoms with E-state index in [1.165, 1.54) is 0 Å². The Hall–Kier alpha value is -2.34. The van der Waals surface area contributed by atoms with Crippen molar-refractivity contribution < 1.29 is 4.79 Å². The molecule has 1 aliphatic rings. The predicted octanol–water partition coefficient (Wildman–Crippen LogP) is 2.83. The van der Waals surface area contributed by atoms with Gasteiger partial charge >= 0.3 is 0 Å². The first-order chi connectivity index (χ1) is 12.1. The van der Waals surface area contributed by atoms with Crippen LogP contribution in [0.2, 0.25) is 5.02 Å². The summed E-state index contributed by atoms with van der Waals surface area (Å²) in [7, 11) is 0. The van der Waals surface area contributed by atoms with Crippen molar-refractivity contribution >= 4 is 29.1 Å². The minimum absolute atomic E-state index is 0.0449. The Balaban J connectivity index is 1.65. The maximum atomic E-state index is 12.6. The van der Waals surface area contributed by atoms with Crippen molar-refractivity contribution in [3.8, 4) is 0 Å². The van der Waals surface area contributed by atoms with Gasteiger partial charge in [-0.25, -0.2) is 9.97 Å². The number of amides is 1. The van der Waals surface area contributed by atoms with Crippen molar-refractivity contribution in [3.63, 3.8) is 0 Å². The van der Waals surface area contributed by atoms with Crippen molar-refractivity contribution in [2.24, 2.45) is 0 Å². The summed E-state index contributed by atoms with van der Waals surface area (Å²) in [6.45, 7) is 7.59. The molecule has 25 heavy (non-hydrogen) atoms. The van der Waals surface area contributed by atoms with E-state index >= 15 is 0 Å². The van der Waals surface area contributed by atoms with E-state index in [0.29, 0.717) is 23.7 Å². The maximum Gasteiger partial charge on any atom is 0.253 e. The minimum Gasteiger partial charge on any atom is -0.370 e. The third-order valence-electron chi connectivity index (χ3n) is 4.16. The van der Waals surface area contributed by atoms with Gasteiger partial charge < -0.3 is 15.1 Å². The van der Waals surface area contributed by atoms with Crippen LogP contribution in [-0.2, 0) is 0 Å². The first-order valence-corrected chi connectivity index (χ1v) is 8.84. The van der Waals surface area contributed by atoms with Gasteiger partial charge in [0, 0.05) is 49.4 Å². The van der Waals surface area contributed by atoms with Crippen LogP contribution in [0.25, 0.3) is 0 Å². The average molecular weight is 360 g/mol. The number of halogens is 1.